The summed E-state index contributed by atoms with van der Waals surface area (Å²) in [5.74, 6) is 0.575. The summed E-state index contributed by atoms with van der Waals surface area (Å²) < 4.78 is 6.76. The zero-order chi connectivity index (χ0) is 20.1. The summed E-state index contributed by atoms with van der Waals surface area (Å²) in [4.78, 5) is 13.0. The Kier molecular flexibility index (Phi) is 5.29. The van der Waals surface area contributed by atoms with Gasteiger partial charge in [0, 0.05) is 5.56 Å². The Morgan fingerprint density at radius 3 is 2.41 bits per heavy atom. The highest BCUT2D eigenvalue weighted by Crippen LogP contribution is 2.25. The summed E-state index contributed by atoms with van der Waals surface area (Å²) in [5.41, 5.74) is 3.18. The summed E-state index contributed by atoms with van der Waals surface area (Å²) >= 11 is 0. The molecule has 1 atom stereocenters. The summed E-state index contributed by atoms with van der Waals surface area (Å²) in [6.07, 6.45) is 1.49. The first-order valence-corrected chi connectivity index (χ1v) is 9.08. The van der Waals surface area contributed by atoms with Crippen LogP contribution in [0.15, 0.2) is 85.2 Å². The van der Waals surface area contributed by atoms with E-state index in [1.165, 1.54) is 11.0 Å². The quantitative estimate of drug-likeness (QED) is 0.551. The molecule has 0 bridgehead atoms. The number of nitrogens with zero attached hydrogens (tertiary/aromatic N) is 4. The van der Waals surface area contributed by atoms with Gasteiger partial charge in [0.15, 0.2) is 0 Å². The molecule has 1 amide bonds. The number of nitrogens with one attached hydrogen (secondary N) is 1. The largest absolute Gasteiger partial charge is 0.497 e. The van der Waals surface area contributed by atoms with E-state index >= 15 is 0 Å². The van der Waals surface area contributed by atoms with Crippen LogP contribution < -0.4 is 10.1 Å². The van der Waals surface area contributed by atoms with Crippen molar-refractivity contribution in [3.8, 4) is 11.4 Å². The fraction of sp³-hybridized carbons (Fsp3) is 0.0909. The fourth-order valence-electron chi connectivity index (χ4n) is 3.08. The topological polar surface area (TPSA) is 81.9 Å². The number of benzene rings is 3. The van der Waals surface area contributed by atoms with Gasteiger partial charge >= 0.3 is 0 Å². The molecule has 3 aromatic carbocycles. The number of rotatable bonds is 6. The number of carbonyl (C=O) groups excluding carboxylic acids is 1. The molecule has 4 aromatic rings. The Labute approximate surface area is 168 Å². The van der Waals surface area contributed by atoms with Gasteiger partial charge in [0.05, 0.1) is 18.8 Å². The van der Waals surface area contributed by atoms with Gasteiger partial charge in [-0.15, -0.1) is 5.10 Å². The van der Waals surface area contributed by atoms with E-state index in [1.54, 1.807) is 25.3 Å². The van der Waals surface area contributed by atoms with Crippen LogP contribution in [0, 0.1) is 0 Å². The van der Waals surface area contributed by atoms with Crippen molar-refractivity contribution in [2.75, 3.05) is 7.11 Å². The Balaban J connectivity index is 1.64. The number of amides is 1. The highest BCUT2D eigenvalue weighted by molar-refractivity contribution is 5.95. The predicted octanol–water partition coefficient (Wildman–Crippen LogP) is 3.19. The number of tetrazole rings is 1. The van der Waals surface area contributed by atoms with Crippen LogP contribution in [0.1, 0.15) is 27.5 Å². The molecule has 7 heteroatoms. The molecule has 0 fully saturated rings. The molecule has 0 radical (unpaired) electrons. The van der Waals surface area contributed by atoms with Crippen molar-refractivity contribution in [1.82, 2.24) is 25.5 Å². The maximum Gasteiger partial charge on any atom is 0.252 e. The highest BCUT2D eigenvalue weighted by atomic mass is 16.5. The fourth-order valence-corrected chi connectivity index (χ4v) is 3.08. The van der Waals surface area contributed by atoms with Crippen LogP contribution in [0.4, 0.5) is 0 Å². The predicted molar refractivity (Wildman–Crippen MR) is 108 cm³/mol. The molecular weight excluding hydrogens is 366 g/mol. The van der Waals surface area contributed by atoms with Crippen molar-refractivity contribution in [2.24, 2.45) is 0 Å². The van der Waals surface area contributed by atoms with Gasteiger partial charge in [-0.2, -0.15) is 0 Å². The van der Waals surface area contributed by atoms with E-state index < -0.39 is 0 Å². The molecule has 1 unspecified atom stereocenters. The van der Waals surface area contributed by atoms with Gasteiger partial charge in [-0.05, 0) is 51.9 Å². The van der Waals surface area contributed by atoms with E-state index in [2.05, 4.69) is 20.8 Å². The molecule has 7 nitrogen and oxygen atoms in total. The Bertz CT molecular complexity index is 1080. The van der Waals surface area contributed by atoms with Crippen molar-refractivity contribution < 1.29 is 9.53 Å². The molecule has 0 aliphatic rings. The van der Waals surface area contributed by atoms with E-state index in [0.29, 0.717) is 11.3 Å². The number of carbonyl (C=O) groups is 1. The molecular formula is C22H19N5O2. The highest BCUT2D eigenvalue weighted by Gasteiger charge is 2.18. The molecule has 0 spiro atoms. The molecule has 1 aromatic heterocycles. The average molecular weight is 385 g/mol. The Morgan fingerprint density at radius 2 is 1.72 bits per heavy atom. The van der Waals surface area contributed by atoms with Gasteiger partial charge < -0.3 is 10.1 Å². The number of hydrogen-bond acceptors (Lipinski definition) is 5. The molecule has 0 aliphatic heterocycles. The first-order valence-electron chi connectivity index (χ1n) is 9.08. The standard InChI is InChI=1S/C22H19N5O2/c1-29-20-12-10-17(11-13-20)21(16-6-3-2-4-7-16)24-22(28)18-8-5-9-19(14-18)27-15-23-25-26-27/h2-15,21H,1H3,(H,24,28). The molecule has 144 valence electrons. The van der Waals surface area contributed by atoms with Crippen LogP contribution >= 0.6 is 0 Å². The normalized spacial score (nSPS) is 11.6. The van der Waals surface area contributed by atoms with Gasteiger partial charge in [-0.3, -0.25) is 4.79 Å². The lowest BCUT2D eigenvalue weighted by molar-refractivity contribution is 0.0943. The van der Waals surface area contributed by atoms with E-state index in [4.69, 9.17) is 4.74 Å². The zero-order valence-corrected chi connectivity index (χ0v) is 15.8. The minimum Gasteiger partial charge on any atom is -0.497 e. The SMILES string of the molecule is COc1ccc(C(NC(=O)c2cccc(-n3cnnn3)c2)c2ccccc2)cc1. The lowest BCUT2D eigenvalue weighted by Gasteiger charge is -2.20. The Morgan fingerprint density at radius 1 is 0.966 bits per heavy atom. The van der Waals surface area contributed by atoms with Crippen LogP contribution in [0.2, 0.25) is 0 Å². The van der Waals surface area contributed by atoms with Crippen molar-refractivity contribution in [2.45, 2.75) is 6.04 Å². The first-order chi connectivity index (χ1) is 14.2. The molecule has 0 aliphatic carbocycles. The van der Waals surface area contributed by atoms with Crippen molar-refractivity contribution in [3.63, 3.8) is 0 Å². The third-order valence-electron chi connectivity index (χ3n) is 4.58. The van der Waals surface area contributed by atoms with Crippen molar-refractivity contribution in [3.05, 3.63) is 102 Å². The third kappa shape index (κ3) is 4.14. The second-order valence-electron chi connectivity index (χ2n) is 6.40. The minimum atomic E-state index is -0.300. The summed E-state index contributed by atoms with van der Waals surface area (Å²) in [5, 5.41) is 14.3. The third-order valence-corrected chi connectivity index (χ3v) is 4.58. The molecule has 0 saturated heterocycles. The van der Waals surface area contributed by atoms with Crippen molar-refractivity contribution >= 4 is 5.91 Å². The number of methoxy groups -OCH3 is 1. The van der Waals surface area contributed by atoms with Crippen LogP contribution in [-0.4, -0.2) is 33.2 Å². The number of ether oxygens (including phenoxy) is 1. The molecule has 4 rings (SSSR count). The Hall–Kier alpha value is -4.00. The minimum absolute atomic E-state index is 0.190. The van der Waals surface area contributed by atoms with E-state index in [0.717, 1.165) is 16.9 Å². The second kappa shape index (κ2) is 8.35. The lowest BCUT2D eigenvalue weighted by Crippen LogP contribution is -2.29. The van der Waals surface area contributed by atoms with Crippen molar-refractivity contribution in [1.29, 1.82) is 0 Å². The monoisotopic (exact) mass is 385 g/mol. The number of hydrogen-bond donors (Lipinski definition) is 1. The van der Waals surface area contributed by atoms with Crippen LogP contribution in [-0.2, 0) is 0 Å². The maximum absolute atomic E-state index is 13.0. The summed E-state index contributed by atoms with van der Waals surface area (Å²) in [6.45, 7) is 0. The van der Waals surface area contributed by atoms with E-state index in [1.807, 2.05) is 60.7 Å². The zero-order valence-electron chi connectivity index (χ0n) is 15.8. The van der Waals surface area contributed by atoms with Gasteiger partial charge in [0.25, 0.3) is 5.91 Å². The van der Waals surface area contributed by atoms with Gasteiger partial charge in [-0.25, -0.2) is 4.68 Å². The second-order valence-corrected chi connectivity index (χ2v) is 6.40. The molecule has 29 heavy (non-hydrogen) atoms. The smallest absolute Gasteiger partial charge is 0.252 e. The van der Waals surface area contributed by atoms with Crippen LogP contribution in [0.25, 0.3) is 5.69 Å². The van der Waals surface area contributed by atoms with E-state index in [-0.39, 0.29) is 11.9 Å². The first kappa shape index (κ1) is 18.4. The van der Waals surface area contributed by atoms with Crippen LogP contribution in [0.3, 0.4) is 0 Å². The summed E-state index contributed by atoms with van der Waals surface area (Å²) in [7, 11) is 1.63. The molecule has 0 saturated carbocycles. The van der Waals surface area contributed by atoms with Gasteiger partial charge in [0.2, 0.25) is 0 Å². The molecule has 1 N–H and O–H groups in total. The van der Waals surface area contributed by atoms with Crippen LogP contribution in [0.5, 0.6) is 5.75 Å². The average Bonchev–Trinajstić information content (AvgIpc) is 3.33. The molecule has 1 heterocycles. The maximum atomic E-state index is 13.0. The van der Waals surface area contributed by atoms with E-state index in [9.17, 15) is 4.79 Å². The number of aromatic nitrogens is 4. The van der Waals surface area contributed by atoms with Gasteiger partial charge in [-0.1, -0.05) is 48.5 Å². The van der Waals surface area contributed by atoms with Gasteiger partial charge in [0.1, 0.15) is 12.1 Å². The summed E-state index contributed by atoms with van der Waals surface area (Å²) in [6, 6.07) is 24.4. The lowest BCUT2D eigenvalue weighted by atomic mass is 9.98.